The number of ether oxygens (including phenoxy) is 2. The van der Waals surface area contributed by atoms with Crippen molar-refractivity contribution >= 4 is 5.91 Å². The Labute approximate surface area is 113 Å². The van der Waals surface area contributed by atoms with Crippen LogP contribution in [0.15, 0.2) is 12.1 Å². The number of hydrogen-bond acceptors (Lipinski definition) is 3. The average molecular weight is 263 g/mol. The Hall–Kier alpha value is -1.55. The van der Waals surface area contributed by atoms with E-state index in [0.29, 0.717) is 24.5 Å². The normalized spacial score (nSPS) is 14.6. The SMILES string of the molecule is COCCOc1cc2c(cc1C(N)=O)CCCCC2. The van der Waals surface area contributed by atoms with Crippen LogP contribution in [0.1, 0.15) is 40.7 Å². The summed E-state index contributed by atoms with van der Waals surface area (Å²) in [6.07, 6.45) is 5.68. The molecule has 1 aromatic rings. The van der Waals surface area contributed by atoms with Crippen LogP contribution in [0.25, 0.3) is 0 Å². The third-order valence-corrected chi connectivity index (χ3v) is 3.50. The third kappa shape index (κ3) is 3.47. The highest BCUT2D eigenvalue weighted by Crippen LogP contribution is 2.28. The highest BCUT2D eigenvalue weighted by molar-refractivity contribution is 5.96. The van der Waals surface area contributed by atoms with Gasteiger partial charge in [0.15, 0.2) is 0 Å². The fraction of sp³-hybridized carbons (Fsp3) is 0.533. The smallest absolute Gasteiger partial charge is 0.252 e. The molecule has 0 aromatic heterocycles. The molecule has 0 saturated heterocycles. The summed E-state index contributed by atoms with van der Waals surface area (Å²) in [5.74, 6) is 0.157. The molecule has 0 saturated carbocycles. The van der Waals surface area contributed by atoms with Crippen molar-refractivity contribution in [2.75, 3.05) is 20.3 Å². The second kappa shape index (κ2) is 6.57. The first-order valence-electron chi connectivity index (χ1n) is 6.79. The van der Waals surface area contributed by atoms with E-state index in [9.17, 15) is 4.79 Å². The predicted molar refractivity (Wildman–Crippen MR) is 73.6 cm³/mol. The largest absolute Gasteiger partial charge is 0.490 e. The number of hydrogen-bond donors (Lipinski definition) is 1. The van der Waals surface area contributed by atoms with Gasteiger partial charge in [0.05, 0.1) is 12.2 Å². The average Bonchev–Trinajstić information content (AvgIpc) is 2.62. The number of amides is 1. The molecule has 1 amide bonds. The molecule has 2 N–H and O–H groups in total. The second-order valence-electron chi connectivity index (χ2n) is 4.88. The van der Waals surface area contributed by atoms with Gasteiger partial charge < -0.3 is 15.2 Å². The molecule has 2 rings (SSSR count). The number of rotatable bonds is 5. The van der Waals surface area contributed by atoms with Crippen LogP contribution >= 0.6 is 0 Å². The molecule has 1 aromatic carbocycles. The van der Waals surface area contributed by atoms with E-state index in [0.717, 1.165) is 12.8 Å². The lowest BCUT2D eigenvalue weighted by atomic mass is 9.99. The van der Waals surface area contributed by atoms with Gasteiger partial charge in [0, 0.05) is 7.11 Å². The van der Waals surface area contributed by atoms with E-state index in [-0.39, 0.29) is 0 Å². The molecule has 19 heavy (non-hydrogen) atoms. The van der Waals surface area contributed by atoms with Crippen molar-refractivity contribution in [3.05, 3.63) is 28.8 Å². The fourth-order valence-corrected chi connectivity index (χ4v) is 2.49. The van der Waals surface area contributed by atoms with Crippen LogP contribution in [-0.2, 0) is 17.6 Å². The van der Waals surface area contributed by atoms with Crippen LogP contribution in [0.2, 0.25) is 0 Å². The van der Waals surface area contributed by atoms with Gasteiger partial charge in [-0.15, -0.1) is 0 Å². The van der Waals surface area contributed by atoms with Crippen molar-refractivity contribution in [3.63, 3.8) is 0 Å². The maximum absolute atomic E-state index is 11.5. The fourth-order valence-electron chi connectivity index (χ4n) is 2.49. The van der Waals surface area contributed by atoms with Crippen LogP contribution in [0.4, 0.5) is 0 Å². The lowest BCUT2D eigenvalue weighted by molar-refractivity contribution is 0.0992. The lowest BCUT2D eigenvalue weighted by Crippen LogP contribution is -2.15. The summed E-state index contributed by atoms with van der Waals surface area (Å²) in [6, 6.07) is 3.89. The molecule has 1 aliphatic rings. The number of carbonyl (C=O) groups excluding carboxylic acids is 1. The van der Waals surface area contributed by atoms with E-state index < -0.39 is 5.91 Å². The Morgan fingerprint density at radius 3 is 2.47 bits per heavy atom. The molecule has 104 valence electrons. The maximum Gasteiger partial charge on any atom is 0.252 e. The van der Waals surface area contributed by atoms with Crippen molar-refractivity contribution in [1.82, 2.24) is 0 Å². The van der Waals surface area contributed by atoms with Gasteiger partial charge in [0.1, 0.15) is 12.4 Å². The number of fused-ring (bicyclic) bond motifs is 1. The zero-order valence-electron chi connectivity index (χ0n) is 11.4. The van der Waals surface area contributed by atoms with Crippen molar-refractivity contribution in [3.8, 4) is 5.75 Å². The minimum Gasteiger partial charge on any atom is -0.490 e. The summed E-state index contributed by atoms with van der Waals surface area (Å²) in [4.78, 5) is 11.5. The summed E-state index contributed by atoms with van der Waals surface area (Å²) in [7, 11) is 1.62. The minimum atomic E-state index is -0.431. The highest BCUT2D eigenvalue weighted by atomic mass is 16.5. The van der Waals surface area contributed by atoms with E-state index in [2.05, 4.69) is 0 Å². The Morgan fingerprint density at radius 1 is 1.16 bits per heavy atom. The molecule has 0 atom stereocenters. The van der Waals surface area contributed by atoms with E-state index >= 15 is 0 Å². The van der Waals surface area contributed by atoms with Gasteiger partial charge in [0.2, 0.25) is 0 Å². The second-order valence-corrected chi connectivity index (χ2v) is 4.88. The molecule has 0 fully saturated rings. The Balaban J connectivity index is 2.28. The summed E-state index contributed by atoms with van der Waals surface area (Å²) in [5, 5.41) is 0. The minimum absolute atomic E-state index is 0.426. The van der Waals surface area contributed by atoms with Crippen LogP contribution in [0, 0.1) is 0 Å². The molecule has 1 aliphatic carbocycles. The topological polar surface area (TPSA) is 61.6 Å². The molecule has 4 heteroatoms. The predicted octanol–water partition coefficient (Wildman–Crippen LogP) is 2.08. The van der Waals surface area contributed by atoms with Gasteiger partial charge >= 0.3 is 0 Å². The number of primary amides is 1. The monoisotopic (exact) mass is 263 g/mol. The Bertz CT molecular complexity index is 457. The molecular formula is C15H21NO3. The summed E-state index contributed by atoms with van der Waals surface area (Å²) in [5.41, 5.74) is 8.45. The Morgan fingerprint density at radius 2 is 1.84 bits per heavy atom. The van der Waals surface area contributed by atoms with E-state index in [4.69, 9.17) is 15.2 Å². The third-order valence-electron chi connectivity index (χ3n) is 3.50. The van der Waals surface area contributed by atoms with Crippen LogP contribution in [-0.4, -0.2) is 26.2 Å². The standard InChI is InChI=1S/C15H21NO3/c1-18-7-8-19-14-10-12-6-4-2-3-5-11(12)9-13(14)15(16)17/h9-10H,2-8H2,1H3,(H2,16,17). The van der Waals surface area contributed by atoms with Gasteiger partial charge in [-0.25, -0.2) is 0 Å². The van der Waals surface area contributed by atoms with Gasteiger partial charge in [-0.05, 0) is 48.9 Å². The van der Waals surface area contributed by atoms with Crippen LogP contribution < -0.4 is 10.5 Å². The first kappa shape index (κ1) is 13.9. The van der Waals surface area contributed by atoms with Crippen LogP contribution in [0.3, 0.4) is 0 Å². The summed E-state index contributed by atoms with van der Waals surface area (Å²) in [6.45, 7) is 0.921. The maximum atomic E-state index is 11.5. The summed E-state index contributed by atoms with van der Waals surface area (Å²) < 4.78 is 10.6. The number of benzene rings is 1. The van der Waals surface area contributed by atoms with Gasteiger partial charge in [-0.3, -0.25) is 4.79 Å². The van der Waals surface area contributed by atoms with E-state index in [1.807, 2.05) is 12.1 Å². The summed E-state index contributed by atoms with van der Waals surface area (Å²) >= 11 is 0. The van der Waals surface area contributed by atoms with Crippen molar-refractivity contribution in [2.45, 2.75) is 32.1 Å². The van der Waals surface area contributed by atoms with E-state index in [1.54, 1.807) is 7.11 Å². The molecular weight excluding hydrogens is 242 g/mol. The number of nitrogens with two attached hydrogens (primary N) is 1. The first-order chi connectivity index (χ1) is 9.22. The molecule has 0 bridgehead atoms. The van der Waals surface area contributed by atoms with Crippen molar-refractivity contribution in [1.29, 1.82) is 0 Å². The number of aryl methyl sites for hydroxylation is 2. The molecule has 0 unspecified atom stereocenters. The van der Waals surface area contributed by atoms with Gasteiger partial charge in [-0.1, -0.05) is 6.42 Å². The zero-order chi connectivity index (χ0) is 13.7. The van der Waals surface area contributed by atoms with Gasteiger partial charge in [0.25, 0.3) is 5.91 Å². The highest BCUT2D eigenvalue weighted by Gasteiger charge is 2.16. The quantitative estimate of drug-likeness (QED) is 0.653. The number of carbonyl (C=O) groups is 1. The molecule has 0 radical (unpaired) electrons. The molecule has 4 nitrogen and oxygen atoms in total. The lowest BCUT2D eigenvalue weighted by Gasteiger charge is -2.14. The molecule has 0 heterocycles. The zero-order valence-corrected chi connectivity index (χ0v) is 11.4. The number of methoxy groups -OCH3 is 1. The first-order valence-corrected chi connectivity index (χ1v) is 6.79. The Kier molecular flexibility index (Phi) is 4.80. The van der Waals surface area contributed by atoms with Gasteiger partial charge in [-0.2, -0.15) is 0 Å². The van der Waals surface area contributed by atoms with Crippen LogP contribution in [0.5, 0.6) is 5.75 Å². The molecule has 0 aliphatic heterocycles. The molecule has 0 spiro atoms. The van der Waals surface area contributed by atoms with Crippen molar-refractivity contribution in [2.24, 2.45) is 5.73 Å². The van der Waals surface area contributed by atoms with Crippen molar-refractivity contribution < 1.29 is 14.3 Å². The van der Waals surface area contributed by atoms with E-state index in [1.165, 1.54) is 30.4 Å².